The smallest absolute Gasteiger partial charge is 0.0280 e. The molecule has 0 amide bonds. The lowest BCUT2D eigenvalue weighted by Crippen LogP contribution is -1.98. The van der Waals surface area contributed by atoms with Crippen molar-refractivity contribution < 1.29 is 0 Å². The highest BCUT2D eigenvalue weighted by Gasteiger charge is 2.17. The fourth-order valence-electron chi connectivity index (χ4n) is 4.20. The third kappa shape index (κ3) is 3.56. The van der Waals surface area contributed by atoms with Gasteiger partial charge < -0.3 is 0 Å². The Balaban J connectivity index is 1.60. The minimum absolute atomic E-state index is 0.609. The van der Waals surface area contributed by atoms with Gasteiger partial charge in [0.2, 0.25) is 0 Å². The molecule has 0 unspecified atom stereocenters. The van der Waals surface area contributed by atoms with Gasteiger partial charge in [0.15, 0.2) is 0 Å². The summed E-state index contributed by atoms with van der Waals surface area (Å²) in [4.78, 5) is 0. The van der Waals surface area contributed by atoms with E-state index in [4.69, 9.17) is 6.42 Å². The molecule has 2 aliphatic carbocycles. The number of hydrogen-bond donors (Lipinski definition) is 0. The molecule has 0 atom stereocenters. The van der Waals surface area contributed by atoms with Crippen molar-refractivity contribution in [3.8, 4) is 12.3 Å². The predicted molar refractivity (Wildman–Crippen MR) is 116 cm³/mol. The van der Waals surface area contributed by atoms with E-state index in [2.05, 4.69) is 74.9 Å². The third-order valence-electron chi connectivity index (χ3n) is 5.56. The van der Waals surface area contributed by atoms with Crippen molar-refractivity contribution in [3.05, 3.63) is 94.1 Å². The van der Waals surface area contributed by atoms with Gasteiger partial charge in [-0.15, -0.1) is 6.42 Å². The zero-order valence-corrected chi connectivity index (χ0v) is 16.3. The van der Waals surface area contributed by atoms with Crippen LogP contribution in [0.15, 0.2) is 60.7 Å². The Bertz CT molecular complexity index is 1020. The van der Waals surface area contributed by atoms with Crippen molar-refractivity contribution in [2.24, 2.45) is 5.92 Å². The lowest BCUT2D eigenvalue weighted by atomic mass is 9.94. The van der Waals surface area contributed by atoms with Crippen LogP contribution in [0.4, 0.5) is 0 Å². The van der Waals surface area contributed by atoms with Gasteiger partial charge in [-0.2, -0.15) is 0 Å². The Morgan fingerprint density at radius 2 is 1.81 bits per heavy atom. The summed E-state index contributed by atoms with van der Waals surface area (Å²) in [7, 11) is 0. The molecule has 2 aromatic rings. The summed E-state index contributed by atoms with van der Waals surface area (Å²) in [6.45, 7) is 8.61. The second-order valence-corrected chi connectivity index (χ2v) is 8.23. The van der Waals surface area contributed by atoms with E-state index in [1.54, 1.807) is 0 Å². The van der Waals surface area contributed by atoms with Gasteiger partial charge in [0.25, 0.3) is 0 Å². The minimum atomic E-state index is 0.609. The first-order chi connectivity index (χ1) is 13.0. The van der Waals surface area contributed by atoms with Crippen LogP contribution < -0.4 is 0 Å². The van der Waals surface area contributed by atoms with Crippen LogP contribution in [-0.2, 0) is 19.3 Å². The van der Waals surface area contributed by atoms with Gasteiger partial charge in [-0.1, -0.05) is 74.4 Å². The number of terminal acetylenes is 1. The fourth-order valence-corrected chi connectivity index (χ4v) is 4.20. The first-order valence-electron chi connectivity index (χ1n) is 9.83. The first-order valence-corrected chi connectivity index (χ1v) is 9.83. The van der Waals surface area contributed by atoms with E-state index in [0.29, 0.717) is 5.92 Å². The maximum atomic E-state index is 5.79. The average molecular weight is 351 g/mol. The quantitative estimate of drug-likeness (QED) is 0.442. The molecule has 0 saturated heterocycles. The first kappa shape index (κ1) is 17.6. The monoisotopic (exact) mass is 350 g/mol. The standard InChI is InChI=1S/C27H26/c1-5-20-15-23(8-6-21(20)12-18(2)3)24-10-11-25(16-24)26-9-7-22-13-19(4)14-27(22)17-26/h1,6-9,11,15-18H,4,10,12-14H2,2-3H3. The number of fused-ring (bicyclic) bond motifs is 1. The van der Waals surface area contributed by atoms with Gasteiger partial charge in [-0.3, -0.25) is 0 Å². The number of hydrogen-bond acceptors (Lipinski definition) is 0. The molecule has 0 bridgehead atoms. The van der Waals surface area contributed by atoms with Crippen LogP contribution in [0, 0.1) is 18.3 Å². The molecule has 0 heterocycles. The largest absolute Gasteiger partial charge is 0.115 e. The average Bonchev–Trinajstić information content (AvgIpc) is 3.26. The topological polar surface area (TPSA) is 0 Å². The lowest BCUT2D eigenvalue weighted by molar-refractivity contribution is 0.646. The molecule has 0 nitrogen and oxygen atoms in total. The number of benzene rings is 2. The van der Waals surface area contributed by atoms with Gasteiger partial charge in [-0.05, 0) is 76.6 Å². The van der Waals surface area contributed by atoms with Crippen molar-refractivity contribution in [1.29, 1.82) is 0 Å². The highest BCUT2D eigenvalue weighted by Crippen LogP contribution is 2.35. The Kier molecular flexibility index (Phi) is 4.63. The van der Waals surface area contributed by atoms with Gasteiger partial charge in [0.05, 0.1) is 0 Å². The van der Waals surface area contributed by atoms with Crippen molar-refractivity contribution in [2.75, 3.05) is 0 Å². The van der Waals surface area contributed by atoms with E-state index in [9.17, 15) is 0 Å². The number of allylic oxidation sites excluding steroid dienone is 5. The summed E-state index contributed by atoms with van der Waals surface area (Å²) < 4.78 is 0. The lowest BCUT2D eigenvalue weighted by Gasteiger charge is -2.10. The van der Waals surface area contributed by atoms with E-state index < -0.39 is 0 Å². The Morgan fingerprint density at radius 3 is 2.59 bits per heavy atom. The van der Waals surface area contributed by atoms with Gasteiger partial charge in [-0.25, -0.2) is 0 Å². The van der Waals surface area contributed by atoms with Crippen molar-refractivity contribution in [1.82, 2.24) is 0 Å². The second-order valence-electron chi connectivity index (χ2n) is 8.23. The van der Waals surface area contributed by atoms with Gasteiger partial charge in [0.1, 0.15) is 0 Å². The molecule has 0 heteroatoms. The van der Waals surface area contributed by atoms with Crippen LogP contribution in [0.1, 0.15) is 53.6 Å². The van der Waals surface area contributed by atoms with Crippen molar-refractivity contribution in [2.45, 2.75) is 39.5 Å². The molecular weight excluding hydrogens is 324 g/mol. The van der Waals surface area contributed by atoms with Crippen LogP contribution in [0.25, 0.3) is 11.1 Å². The molecule has 4 rings (SSSR count). The molecule has 0 aliphatic heterocycles. The highest BCUT2D eigenvalue weighted by atomic mass is 14.2. The predicted octanol–water partition coefficient (Wildman–Crippen LogP) is 6.39. The summed E-state index contributed by atoms with van der Waals surface area (Å²) in [5.74, 6) is 3.50. The molecule has 0 saturated carbocycles. The van der Waals surface area contributed by atoms with E-state index in [1.807, 2.05) is 0 Å². The Labute approximate surface area is 163 Å². The molecule has 0 fully saturated rings. The van der Waals surface area contributed by atoms with E-state index >= 15 is 0 Å². The molecule has 0 aromatic heterocycles. The molecule has 0 spiro atoms. The fraction of sp³-hybridized carbons (Fsp3) is 0.259. The SMILES string of the molecule is C#Cc1cc(C2=CC(c3ccc4c(c3)CC(=C)C4)=CC2)ccc1CC(C)C. The minimum Gasteiger partial charge on any atom is -0.115 e. The summed E-state index contributed by atoms with van der Waals surface area (Å²) >= 11 is 0. The van der Waals surface area contributed by atoms with Crippen LogP contribution in [0.2, 0.25) is 0 Å². The van der Waals surface area contributed by atoms with Gasteiger partial charge in [0, 0.05) is 5.56 Å². The summed E-state index contributed by atoms with van der Waals surface area (Å²) in [5, 5.41) is 0. The van der Waals surface area contributed by atoms with E-state index in [0.717, 1.165) is 31.2 Å². The Morgan fingerprint density at radius 1 is 1.04 bits per heavy atom. The maximum absolute atomic E-state index is 5.79. The molecule has 27 heavy (non-hydrogen) atoms. The van der Waals surface area contributed by atoms with E-state index in [-0.39, 0.29) is 0 Å². The van der Waals surface area contributed by atoms with Crippen LogP contribution in [0.5, 0.6) is 0 Å². The third-order valence-corrected chi connectivity index (χ3v) is 5.56. The molecule has 0 N–H and O–H groups in total. The normalized spacial score (nSPS) is 15.6. The zero-order chi connectivity index (χ0) is 19.0. The molecule has 2 aromatic carbocycles. The van der Waals surface area contributed by atoms with E-state index in [1.165, 1.54) is 44.5 Å². The Hall–Kier alpha value is -2.78. The molecule has 2 aliphatic rings. The van der Waals surface area contributed by atoms with Crippen LogP contribution in [0.3, 0.4) is 0 Å². The van der Waals surface area contributed by atoms with Gasteiger partial charge >= 0.3 is 0 Å². The summed E-state index contributed by atoms with van der Waals surface area (Å²) in [5.41, 5.74) is 11.7. The number of rotatable bonds is 4. The van der Waals surface area contributed by atoms with Crippen molar-refractivity contribution in [3.63, 3.8) is 0 Å². The van der Waals surface area contributed by atoms with Crippen LogP contribution >= 0.6 is 0 Å². The molecular formula is C27H26. The summed E-state index contributed by atoms with van der Waals surface area (Å²) in [6.07, 6.45) is 14.5. The summed E-state index contributed by atoms with van der Waals surface area (Å²) in [6, 6.07) is 13.5. The molecule has 0 radical (unpaired) electrons. The van der Waals surface area contributed by atoms with Crippen LogP contribution in [-0.4, -0.2) is 0 Å². The highest BCUT2D eigenvalue weighted by molar-refractivity contribution is 5.90. The van der Waals surface area contributed by atoms with Crippen molar-refractivity contribution >= 4 is 11.1 Å². The second kappa shape index (κ2) is 7.09. The zero-order valence-electron chi connectivity index (χ0n) is 16.3. The molecule has 134 valence electrons. The maximum Gasteiger partial charge on any atom is 0.0280 e.